The Labute approximate surface area is 160 Å². The molecule has 2 heterocycles. The van der Waals surface area contributed by atoms with E-state index >= 15 is 0 Å². The van der Waals surface area contributed by atoms with Crippen LogP contribution in [0.2, 0.25) is 0 Å². The van der Waals surface area contributed by atoms with Crippen LogP contribution >= 0.6 is 0 Å². The molecular weight excluding hydrogens is 334 g/mol. The van der Waals surface area contributed by atoms with Crippen molar-refractivity contribution in [1.82, 2.24) is 9.88 Å². The number of likely N-dealkylation sites (tertiary alicyclic amines) is 1. The Morgan fingerprint density at radius 2 is 1.85 bits per heavy atom. The lowest BCUT2D eigenvalue weighted by Gasteiger charge is -2.38. The molecule has 140 valence electrons. The van der Waals surface area contributed by atoms with Crippen LogP contribution in [0.4, 0.5) is 0 Å². The van der Waals surface area contributed by atoms with Gasteiger partial charge in [-0.1, -0.05) is 55.5 Å². The van der Waals surface area contributed by atoms with E-state index in [1.54, 1.807) is 0 Å². The minimum Gasteiger partial charge on any atom is -0.357 e. The molecule has 1 aliphatic rings. The molecule has 4 heteroatoms. The lowest BCUT2D eigenvalue weighted by atomic mass is 9.91. The average Bonchev–Trinajstić information content (AvgIpc) is 3.17. The van der Waals surface area contributed by atoms with Crippen molar-refractivity contribution >= 4 is 16.8 Å². The van der Waals surface area contributed by atoms with Gasteiger partial charge in [-0.2, -0.15) is 0 Å². The van der Waals surface area contributed by atoms with E-state index in [4.69, 9.17) is 5.73 Å². The van der Waals surface area contributed by atoms with E-state index in [9.17, 15) is 4.79 Å². The number of amides is 1. The summed E-state index contributed by atoms with van der Waals surface area (Å²) in [6.07, 6.45) is 3.19. The molecule has 3 atom stereocenters. The van der Waals surface area contributed by atoms with Crippen molar-refractivity contribution in [2.24, 2.45) is 11.7 Å². The smallest absolute Gasteiger partial charge is 0.227 e. The number of fused-ring (bicyclic) bond motifs is 1. The highest BCUT2D eigenvalue weighted by molar-refractivity contribution is 5.82. The molecule has 27 heavy (non-hydrogen) atoms. The number of H-pyrrole nitrogens is 1. The predicted molar refractivity (Wildman–Crippen MR) is 109 cm³/mol. The summed E-state index contributed by atoms with van der Waals surface area (Å²) in [5.74, 6) is -0.105. The van der Waals surface area contributed by atoms with Gasteiger partial charge in [0, 0.05) is 23.8 Å². The first-order valence-corrected chi connectivity index (χ1v) is 9.84. The third kappa shape index (κ3) is 3.50. The molecule has 0 bridgehead atoms. The Morgan fingerprint density at radius 3 is 2.63 bits per heavy atom. The molecule has 1 aromatic heterocycles. The molecule has 3 aromatic rings. The number of hydrogen-bond donors (Lipinski definition) is 2. The van der Waals surface area contributed by atoms with Gasteiger partial charge in [0.05, 0.1) is 12.0 Å². The number of carbonyl (C=O) groups is 1. The summed E-state index contributed by atoms with van der Waals surface area (Å²) in [6.45, 7) is 2.75. The zero-order chi connectivity index (χ0) is 18.8. The van der Waals surface area contributed by atoms with Crippen molar-refractivity contribution in [1.29, 1.82) is 0 Å². The van der Waals surface area contributed by atoms with Gasteiger partial charge in [-0.05, 0) is 42.3 Å². The van der Waals surface area contributed by atoms with Crippen LogP contribution in [0, 0.1) is 5.92 Å². The summed E-state index contributed by atoms with van der Waals surface area (Å²) in [7, 11) is 0. The van der Waals surface area contributed by atoms with Crippen molar-refractivity contribution in [3.05, 3.63) is 71.9 Å². The lowest BCUT2D eigenvalue weighted by molar-refractivity contribution is -0.139. The monoisotopic (exact) mass is 361 g/mol. The molecule has 4 nitrogen and oxygen atoms in total. The summed E-state index contributed by atoms with van der Waals surface area (Å²) in [5.41, 5.74) is 9.70. The maximum atomic E-state index is 13.3. The molecule has 1 aliphatic heterocycles. The van der Waals surface area contributed by atoms with Crippen LogP contribution in [0.3, 0.4) is 0 Å². The second-order valence-electron chi connectivity index (χ2n) is 7.58. The van der Waals surface area contributed by atoms with Gasteiger partial charge in [0.1, 0.15) is 0 Å². The topological polar surface area (TPSA) is 62.1 Å². The maximum absolute atomic E-state index is 13.3. The van der Waals surface area contributed by atoms with E-state index in [1.165, 1.54) is 5.39 Å². The van der Waals surface area contributed by atoms with Crippen LogP contribution in [0.1, 0.15) is 49.5 Å². The summed E-state index contributed by atoms with van der Waals surface area (Å²) in [4.78, 5) is 18.9. The third-order valence-electron chi connectivity index (χ3n) is 5.81. The van der Waals surface area contributed by atoms with Gasteiger partial charge in [0.15, 0.2) is 0 Å². The molecule has 1 amide bonds. The highest BCUT2D eigenvalue weighted by atomic mass is 16.2. The number of rotatable bonds is 4. The van der Waals surface area contributed by atoms with E-state index in [1.807, 2.05) is 54.3 Å². The van der Waals surface area contributed by atoms with Crippen LogP contribution in [0.25, 0.3) is 10.9 Å². The van der Waals surface area contributed by atoms with Gasteiger partial charge in [-0.3, -0.25) is 4.79 Å². The molecule has 0 radical (unpaired) electrons. The number of benzene rings is 2. The fraction of sp³-hybridized carbons (Fsp3) is 0.348. The second-order valence-corrected chi connectivity index (χ2v) is 7.58. The maximum Gasteiger partial charge on any atom is 0.227 e. The molecule has 2 aromatic carbocycles. The standard InChI is InChI=1S/C23H27N3O/c1-16(22(24)17-9-3-2-4-10-17)23(27)26-14-8-7-13-21(26)20-15-18-11-5-6-12-19(18)25-20/h2-6,9-12,15-16,21-22,25H,7-8,13-14,24H2,1H3. The number of para-hydroxylation sites is 1. The Morgan fingerprint density at radius 1 is 1.11 bits per heavy atom. The third-order valence-corrected chi connectivity index (χ3v) is 5.81. The highest BCUT2D eigenvalue weighted by Crippen LogP contribution is 2.34. The highest BCUT2D eigenvalue weighted by Gasteiger charge is 2.34. The van der Waals surface area contributed by atoms with Crippen LogP contribution < -0.4 is 5.73 Å². The van der Waals surface area contributed by atoms with Crippen molar-refractivity contribution in [2.75, 3.05) is 6.54 Å². The summed E-state index contributed by atoms with van der Waals surface area (Å²) in [6, 6.07) is 20.2. The van der Waals surface area contributed by atoms with E-state index in [2.05, 4.69) is 23.2 Å². The number of aromatic nitrogens is 1. The molecule has 4 rings (SSSR count). The first kappa shape index (κ1) is 17.8. The summed E-state index contributed by atoms with van der Waals surface area (Å²) < 4.78 is 0. The molecule has 0 aliphatic carbocycles. The van der Waals surface area contributed by atoms with Gasteiger partial charge in [-0.15, -0.1) is 0 Å². The Hall–Kier alpha value is -2.59. The quantitative estimate of drug-likeness (QED) is 0.716. The number of piperidine rings is 1. The van der Waals surface area contributed by atoms with E-state index in [0.29, 0.717) is 0 Å². The molecular formula is C23H27N3O. The van der Waals surface area contributed by atoms with Gasteiger partial charge >= 0.3 is 0 Å². The van der Waals surface area contributed by atoms with Crippen molar-refractivity contribution in [3.8, 4) is 0 Å². The SMILES string of the molecule is CC(C(=O)N1CCCCC1c1cc2ccccc2[nH]1)C(N)c1ccccc1. The largest absolute Gasteiger partial charge is 0.357 e. The van der Waals surface area contributed by atoms with Gasteiger partial charge in [0.2, 0.25) is 5.91 Å². The number of hydrogen-bond acceptors (Lipinski definition) is 2. The number of aromatic amines is 1. The number of carbonyl (C=O) groups excluding carboxylic acids is 1. The first-order chi connectivity index (χ1) is 13.1. The molecule has 3 N–H and O–H groups in total. The zero-order valence-corrected chi connectivity index (χ0v) is 15.8. The van der Waals surface area contributed by atoms with Gasteiger partial charge < -0.3 is 15.6 Å². The van der Waals surface area contributed by atoms with Crippen molar-refractivity contribution < 1.29 is 4.79 Å². The van der Waals surface area contributed by atoms with Gasteiger partial charge in [-0.25, -0.2) is 0 Å². The zero-order valence-electron chi connectivity index (χ0n) is 15.8. The molecule has 1 fully saturated rings. The van der Waals surface area contributed by atoms with Crippen LogP contribution in [-0.2, 0) is 4.79 Å². The average molecular weight is 361 g/mol. The number of nitrogens with two attached hydrogens (primary N) is 1. The van der Waals surface area contributed by atoms with E-state index in [-0.39, 0.29) is 23.9 Å². The molecule has 0 spiro atoms. The number of nitrogens with one attached hydrogen (secondary N) is 1. The first-order valence-electron chi connectivity index (χ1n) is 9.84. The molecule has 1 saturated heterocycles. The minimum atomic E-state index is -0.288. The van der Waals surface area contributed by atoms with E-state index in [0.717, 1.165) is 42.6 Å². The fourth-order valence-electron chi connectivity index (χ4n) is 4.17. The minimum absolute atomic E-state index is 0.101. The van der Waals surface area contributed by atoms with Gasteiger partial charge in [0.25, 0.3) is 0 Å². The molecule has 0 saturated carbocycles. The van der Waals surface area contributed by atoms with Crippen LogP contribution in [0.5, 0.6) is 0 Å². The molecule has 3 unspecified atom stereocenters. The summed E-state index contributed by atoms with van der Waals surface area (Å²) in [5, 5.41) is 1.19. The van der Waals surface area contributed by atoms with E-state index < -0.39 is 0 Å². The predicted octanol–water partition coefficient (Wildman–Crippen LogP) is 4.56. The normalized spacial score (nSPS) is 19.8. The Balaban J connectivity index is 1.59. The van der Waals surface area contributed by atoms with Crippen molar-refractivity contribution in [3.63, 3.8) is 0 Å². The summed E-state index contributed by atoms with van der Waals surface area (Å²) >= 11 is 0. The Bertz CT molecular complexity index is 885. The van der Waals surface area contributed by atoms with Crippen LogP contribution in [-0.4, -0.2) is 22.3 Å². The lowest BCUT2D eigenvalue weighted by Crippen LogP contribution is -2.44. The fourth-order valence-corrected chi connectivity index (χ4v) is 4.17. The Kier molecular flexibility index (Phi) is 4.99. The van der Waals surface area contributed by atoms with Crippen LogP contribution in [0.15, 0.2) is 60.7 Å². The van der Waals surface area contributed by atoms with Crippen molar-refractivity contribution in [2.45, 2.75) is 38.3 Å². The second kappa shape index (κ2) is 7.57. The number of nitrogens with zero attached hydrogens (tertiary/aromatic N) is 1.